The van der Waals surface area contributed by atoms with Crippen LogP contribution in [-0.4, -0.2) is 25.0 Å². The van der Waals surface area contributed by atoms with Crippen LogP contribution in [0.5, 0.6) is 17.2 Å². The molecule has 4 nitrogen and oxygen atoms in total. The second kappa shape index (κ2) is 7.43. The van der Waals surface area contributed by atoms with Gasteiger partial charge in [0.25, 0.3) is 0 Å². The van der Waals surface area contributed by atoms with E-state index in [1.807, 2.05) is 6.07 Å². The Kier molecular flexibility index (Phi) is 5.00. The highest BCUT2D eigenvalue weighted by Gasteiger charge is 2.33. The molecule has 0 aliphatic carbocycles. The first-order valence-corrected chi connectivity index (χ1v) is 9.90. The number of rotatable bonds is 6. The van der Waals surface area contributed by atoms with Crippen LogP contribution in [0.3, 0.4) is 0 Å². The molecular weight excluding hydrogens is 338 g/mol. The van der Waals surface area contributed by atoms with Gasteiger partial charge in [0.15, 0.2) is 11.5 Å². The van der Waals surface area contributed by atoms with E-state index in [4.69, 9.17) is 14.2 Å². The van der Waals surface area contributed by atoms with Crippen LogP contribution in [0.15, 0.2) is 42.5 Å². The molecule has 0 saturated heterocycles. The summed E-state index contributed by atoms with van der Waals surface area (Å²) >= 11 is 0. The third-order valence-corrected chi connectivity index (χ3v) is 5.50. The predicted molar refractivity (Wildman–Crippen MR) is 107 cm³/mol. The van der Waals surface area contributed by atoms with Crippen molar-refractivity contribution >= 4 is 0 Å². The molecule has 2 aliphatic heterocycles. The molecule has 0 amide bonds. The Bertz CT molecular complexity index is 802. The van der Waals surface area contributed by atoms with Gasteiger partial charge in [0, 0.05) is 18.5 Å². The molecule has 0 saturated carbocycles. The van der Waals surface area contributed by atoms with Crippen LogP contribution < -0.4 is 19.5 Å². The van der Waals surface area contributed by atoms with E-state index >= 15 is 0 Å². The first-order chi connectivity index (χ1) is 13.0. The molecule has 2 aromatic carbocycles. The summed E-state index contributed by atoms with van der Waals surface area (Å²) in [6.45, 7) is 7.94. The van der Waals surface area contributed by atoms with Crippen LogP contribution >= 0.6 is 0 Å². The van der Waals surface area contributed by atoms with E-state index in [0.717, 1.165) is 43.1 Å². The van der Waals surface area contributed by atoms with Gasteiger partial charge in [0.05, 0.1) is 0 Å². The first kappa shape index (κ1) is 18.2. The number of ether oxygens (including phenoxy) is 3. The molecule has 0 aromatic heterocycles. The quantitative estimate of drug-likeness (QED) is 0.805. The zero-order valence-electron chi connectivity index (χ0n) is 16.5. The summed E-state index contributed by atoms with van der Waals surface area (Å²) in [4.78, 5) is 0. The lowest BCUT2D eigenvalue weighted by atomic mass is 9.84. The largest absolute Gasteiger partial charge is 0.488 e. The summed E-state index contributed by atoms with van der Waals surface area (Å²) in [5.41, 5.74) is 2.51. The molecule has 2 atom stereocenters. The average molecular weight is 367 g/mol. The molecule has 0 bridgehead atoms. The maximum atomic E-state index is 6.15. The van der Waals surface area contributed by atoms with E-state index < -0.39 is 0 Å². The maximum Gasteiger partial charge on any atom is 0.231 e. The van der Waals surface area contributed by atoms with Crippen LogP contribution in [-0.2, 0) is 6.42 Å². The minimum atomic E-state index is -0.115. The van der Waals surface area contributed by atoms with Crippen molar-refractivity contribution in [3.05, 3.63) is 53.6 Å². The van der Waals surface area contributed by atoms with Gasteiger partial charge in [-0.15, -0.1) is 0 Å². The molecule has 0 radical (unpaired) electrons. The van der Waals surface area contributed by atoms with Crippen LogP contribution in [0.25, 0.3) is 0 Å². The highest BCUT2D eigenvalue weighted by Crippen LogP contribution is 2.40. The van der Waals surface area contributed by atoms with Crippen LogP contribution in [0.2, 0.25) is 0 Å². The molecule has 4 heteroatoms. The first-order valence-electron chi connectivity index (χ1n) is 9.90. The summed E-state index contributed by atoms with van der Waals surface area (Å²) in [5.74, 6) is 3.24. The van der Waals surface area contributed by atoms with E-state index in [-0.39, 0.29) is 5.60 Å². The topological polar surface area (TPSA) is 39.7 Å². The second-order valence-electron chi connectivity index (χ2n) is 8.34. The summed E-state index contributed by atoms with van der Waals surface area (Å²) in [5, 5.41) is 3.74. The molecule has 2 aromatic rings. The van der Waals surface area contributed by atoms with Gasteiger partial charge in [-0.3, -0.25) is 0 Å². The molecule has 0 spiro atoms. The van der Waals surface area contributed by atoms with Crippen molar-refractivity contribution in [3.63, 3.8) is 0 Å². The number of hydrogen-bond acceptors (Lipinski definition) is 4. The standard InChI is InChI=1S/C23H29NO3/c1-16(8-9-17-10-11-21-22(12-17)26-15-25-21)24-14-18-13-23(2,3)27-20-7-5-4-6-19(18)20/h4-7,10-12,16,18,24H,8-9,13-15H2,1-3H3. The fourth-order valence-electron chi connectivity index (χ4n) is 4.06. The van der Waals surface area contributed by atoms with Crippen molar-refractivity contribution < 1.29 is 14.2 Å². The summed E-state index contributed by atoms with van der Waals surface area (Å²) in [6.07, 6.45) is 3.15. The molecule has 2 unspecified atom stereocenters. The van der Waals surface area contributed by atoms with Crippen molar-refractivity contribution in [2.24, 2.45) is 0 Å². The van der Waals surface area contributed by atoms with Gasteiger partial charge in [-0.05, 0) is 69.4 Å². The summed E-state index contributed by atoms with van der Waals surface area (Å²) in [6, 6.07) is 15.2. The molecular formula is C23H29NO3. The van der Waals surface area contributed by atoms with Crippen molar-refractivity contribution in [1.82, 2.24) is 5.32 Å². The normalized spacial score (nSPS) is 20.6. The van der Waals surface area contributed by atoms with E-state index in [1.165, 1.54) is 11.1 Å². The fourth-order valence-corrected chi connectivity index (χ4v) is 4.06. The average Bonchev–Trinajstić information content (AvgIpc) is 3.11. The summed E-state index contributed by atoms with van der Waals surface area (Å²) in [7, 11) is 0. The van der Waals surface area contributed by atoms with Crippen molar-refractivity contribution in [2.75, 3.05) is 13.3 Å². The maximum absolute atomic E-state index is 6.15. The minimum absolute atomic E-state index is 0.115. The third kappa shape index (κ3) is 4.22. The minimum Gasteiger partial charge on any atom is -0.488 e. The highest BCUT2D eigenvalue weighted by atomic mass is 16.7. The van der Waals surface area contributed by atoms with Crippen molar-refractivity contribution in [2.45, 2.75) is 57.6 Å². The van der Waals surface area contributed by atoms with E-state index in [9.17, 15) is 0 Å². The number of nitrogens with one attached hydrogen (secondary N) is 1. The molecule has 2 aliphatic rings. The Hall–Kier alpha value is -2.20. The monoisotopic (exact) mass is 367 g/mol. The molecule has 27 heavy (non-hydrogen) atoms. The number of hydrogen-bond donors (Lipinski definition) is 1. The van der Waals surface area contributed by atoms with Crippen molar-refractivity contribution in [1.29, 1.82) is 0 Å². The second-order valence-corrected chi connectivity index (χ2v) is 8.34. The Labute approximate surface area is 161 Å². The van der Waals surface area contributed by atoms with Crippen LogP contribution in [0.4, 0.5) is 0 Å². The molecule has 0 fully saturated rings. The lowest BCUT2D eigenvalue weighted by Crippen LogP contribution is -2.39. The van der Waals surface area contributed by atoms with Gasteiger partial charge >= 0.3 is 0 Å². The molecule has 4 rings (SSSR count). The van der Waals surface area contributed by atoms with E-state index in [0.29, 0.717) is 18.8 Å². The predicted octanol–water partition coefficient (Wildman–Crippen LogP) is 4.67. The molecule has 2 heterocycles. The van der Waals surface area contributed by atoms with Gasteiger partial charge in [0.1, 0.15) is 11.4 Å². The van der Waals surface area contributed by atoms with Gasteiger partial charge in [-0.2, -0.15) is 0 Å². The Morgan fingerprint density at radius 2 is 1.89 bits per heavy atom. The van der Waals surface area contributed by atoms with Crippen LogP contribution in [0, 0.1) is 0 Å². The zero-order chi connectivity index (χ0) is 18.9. The Morgan fingerprint density at radius 1 is 1.07 bits per heavy atom. The smallest absolute Gasteiger partial charge is 0.231 e. The summed E-state index contributed by atoms with van der Waals surface area (Å²) < 4.78 is 17.0. The fraction of sp³-hybridized carbons (Fsp3) is 0.478. The number of benzene rings is 2. The van der Waals surface area contributed by atoms with Gasteiger partial charge < -0.3 is 19.5 Å². The highest BCUT2D eigenvalue weighted by molar-refractivity contribution is 5.44. The third-order valence-electron chi connectivity index (χ3n) is 5.50. The SMILES string of the molecule is CC(CCc1ccc2c(c1)OCO2)NCC1CC(C)(C)Oc2ccccc21. The zero-order valence-corrected chi connectivity index (χ0v) is 16.5. The Morgan fingerprint density at radius 3 is 2.78 bits per heavy atom. The molecule has 144 valence electrons. The van der Waals surface area contributed by atoms with E-state index in [1.54, 1.807) is 0 Å². The number of para-hydroxylation sites is 1. The van der Waals surface area contributed by atoms with E-state index in [2.05, 4.69) is 62.5 Å². The number of aryl methyl sites for hydroxylation is 1. The van der Waals surface area contributed by atoms with Gasteiger partial charge in [0.2, 0.25) is 6.79 Å². The molecule has 1 N–H and O–H groups in total. The van der Waals surface area contributed by atoms with Gasteiger partial charge in [-0.25, -0.2) is 0 Å². The number of fused-ring (bicyclic) bond motifs is 2. The van der Waals surface area contributed by atoms with Gasteiger partial charge in [-0.1, -0.05) is 24.3 Å². The van der Waals surface area contributed by atoms with Crippen LogP contribution in [0.1, 0.15) is 50.7 Å². The van der Waals surface area contributed by atoms with Crippen molar-refractivity contribution in [3.8, 4) is 17.2 Å². The lowest BCUT2D eigenvalue weighted by molar-refractivity contribution is 0.0713. The lowest BCUT2D eigenvalue weighted by Gasteiger charge is -2.38. The Balaban J connectivity index is 1.32.